The number of hydrogen-bond acceptors (Lipinski definition) is 6. The van der Waals surface area contributed by atoms with Gasteiger partial charge < -0.3 is 19.5 Å². The van der Waals surface area contributed by atoms with Gasteiger partial charge in [0, 0.05) is 22.9 Å². The van der Waals surface area contributed by atoms with E-state index in [2.05, 4.69) is 9.97 Å². The van der Waals surface area contributed by atoms with Crippen LogP contribution in [0.4, 0.5) is 5.95 Å². The first kappa shape index (κ1) is 15.4. The van der Waals surface area contributed by atoms with Crippen LogP contribution >= 0.6 is 0 Å². The Labute approximate surface area is 133 Å². The molecule has 23 heavy (non-hydrogen) atoms. The number of fused-ring (bicyclic) bond motifs is 1. The van der Waals surface area contributed by atoms with Crippen molar-refractivity contribution in [2.75, 3.05) is 25.7 Å². The van der Waals surface area contributed by atoms with Crippen molar-refractivity contribution in [1.82, 2.24) is 9.97 Å². The maximum Gasteiger partial charge on any atom is 0.252 e. The van der Waals surface area contributed by atoms with Gasteiger partial charge in [0.2, 0.25) is 5.95 Å². The Morgan fingerprint density at radius 1 is 1.30 bits per heavy atom. The summed E-state index contributed by atoms with van der Waals surface area (Å²) < 4.78 is 10.8. The van der Waals surface area contributed by atoms with E-state index in [1.54, 1.807) is 33.3 Å². The molecule has 0 fully saturated rings. The van der Waals surface area contributed by atoms with Gasteiger partial charge in [0.15, 0.2) is 0 Å². The lowest BCUT2D eigenvalue weighted by Crippen LogP contribution is -2.36. The molecule has 1 unspecified atom stereocenters. The van der Waals surface area contributed by atoms with Gasteiger partial charge >= 0.3 is 0 Å². The van der Waals surface area contributed by atoms with E-state index in [4.69, 9.17) is 9.47 Å². The summed E-state index contributed by atoms with van der Waals surface area (Å²) in [7, 11) is 3.15. The van der Waals surface area contributed by atoms with E-state index in [1.807, 2.05) is 4.90 Å². The highest BCUT2D eigenvalue weighted by molar-refractivity contribution is 5.54. The minimum Gasteiger partial charge on any atom is -0.496 e. The van der Waals surface area contributed by atoms with E-state index in [0.717, 1.165) is 11.1 Å². The third-order valence-corrected chi connectivity index (χ3v) is 3.95. The Kier molecular flexibility index (Phi) is 3.96. The lowest BCUT2D eigenvalue weighted by molar-refractivity contribution is 0.169. The van der Waals surface area contributed by atoms with Crippen LogP contribution in [0.1, 0.15) is 22.9 Å². The lowest BCUT2D eigenvalue weighted by Gasteiger charge is -2.34. The van der Waals surface area contributed by atoms with Crippen LogP contribution in [0.25, 0.3) is 0 Å². The fourth-order valence-corrected chi connectivity index (χ4v) is 2.95. The number of methoxy groups -OCH3 is 2. The molecular weight excluding hydrogens is 298 g/mol. The largest absolute Gasteiger partial charge is 0.496 e. The van der Waals surface area contributed by atoms with Crippen molar-refractivity contribution >= 4 is 5.95 Å². The Morgan fingerprint density at radius 2 is 2.00 bits per heavy atom. The van der Waals surface area contributed by atoms with Crippen LogP contribution in [-0.4, -0.2) is 35.8 Å². The summed E-state index contributed by atoms with van der Waals surface area (Å²) in [5, 5.41) is 10.6. The summed E-state index contributed by atoms with van der Waals surface area (Å²) in [4.78, 5) is 20.6. The SMILES string of the molecule is COc1ccc(OC)c2c1CN(c1nc(C)cc(=O)[nH]1)CC2O. The molecule has 0 bridgehead atoms. The molecule has 0 radical (unpaired) electrons. The monoisotopic (exact) mass is 317 g/mol. The van der Waals surface area contributed by atoms with Crippen LogP contribution in [0.5, 0.6) is 11.5 Å². The van der Waals surface area contributed by atoms with Gasteiger partial charge in [-0.05, 0) is 19.1 Å². The second kappa shape index (κ2) is 5.92. The maximum absolute atomic E-state index is 11.7. The third kappa shape index (κ3) is 2.75. The second-order valence-corrected chi connectivity index (χ2v) is 5.47. The van der Waals surface area contributed by atoms with Crippen molar-refractivity contribution < 1.29 is 14.6 Å². The first-order valence-corrected chi connectivity index (χ1v) is 7.28. The highest BCUT2D eigenvalue weighted by Gasteiger charge is 2.30. The molecule has 0 saturated carbocycles. The van der Waals surface area contributed by atoms with Crippen LogP contribution in [0.15, 0.2) is 23.0 Å². The molecule has 1 aromatic heterocycles. The topological polar surface area (TPSA) is 87.7 Å². The van der Waals surface area contributed by atoms with Gasteiger partial charge in [0.1, 0.15) is 17.6 Å². The van der Waals surface area contributed by atoms with Gasteiger partial charge in [-0.1, -0.05) is 0 Å². The Morgan fingerprint density at radius 3 is 2.65 bits per heavy atom. The Balaban J connectivity index is 2.07. The number of aliphatic hydroxyl groups excluding tert-OH is 1. The van der Waals surface area contributed by atoms with E-state index >= 15 is 0 Å². The number of H-pyrrole nitrogens is 1. The molecule has 1 aromatic carbocycles. The van der Waals surface area contributed by atoms with E-state index < -0.39 is 6.10 Å². The minimum atomic E-state index is -0.769. The molecule has 2 N–H and O–H groups in total. The van der Waals surface area contributed by atoms with E-state index in [-0.39, 0.29) is 5.56 Å². The molecule has 0 amide bonds. The number of benzene rings is 1. The van der Waals surface area contributed by atoms with Crippen LogP contribution in [-0.2, 0) is 6.54 Å². The molecule has 2 heterocycles. The first-order valence-electron chi connectivity index (χ1n) is 7.28. The quantitative estimate of drug-likeness (QED) is 0.883. The van der Waals surface area contributed by atoms with Gasteiger partial charge in [-0.2, -0.15) is 0 Å². The van der Waals surface area contributed by atoms with Crippen molar-refractivity contribution in [3.05, 3.63) is 45.4 Å². The number of aromatic nitrogens is 2. The van der Waals surface area contributed by atoms with Crippen LogP contribution in [0, 0.1) is 6.92 Å². The maximum atomic E-state index is 11.7. The summed E-state index contributed by atoms with van der Waals surface area (Å²) in [6, 6.07) is 5.02. The number of β-amino-alcohol motifs (C(OH)–C–C–N with tert-alkyl or cyclic N) is 1. The molecule has 0 aliphatic carbocycles. The Hall–Kier alpha value is -2.54. The number of anilines is 1. The highest BCUT2D eigenvalue weighted by Crippen LogP contribution is 2.39. The summed E-state index contributed by atoms with van der Waals surface area (Å²) >= 11 is 0. The molecule has 122 valence electrons. The zero-order valence-electron chi connectivity index (χ0n) is 13.3. The number of ether oxygens (including phenoxy) is 2. The highest BCUT2D eigenvalue weighted by atomic mass is 16.5. The smallest absolute Gasteiger partial charge is 0.252 e. The molecular formula is C16H19N3O4. The number of aryl methyl sites for hydroxylation is 1. The van der Waals surface area contributed by atoms with Crippen LogP contribution in [0.2, 0.25) is 0 Å². The molecule has 7 heteroatoms. The number of nitrogens with one attached hydrogen (secondary N) is 1. The molecule has 1 aliphatic heterocycles. The predicted octanol–water partition coefficient (Wildman–Crippen LogP) is 1.15. The average molecular weight is 317 g/mol. The average Bonchev–Trinajstić information content (AvgIpc) is 2.52. The van der Waals surface area contributed by atoms with Gasteiger partial charge in [-0.25, -0.2) is 4.98 Å². The summed E-state index contributed by atoms with van der Waals surface area (Å²) in [6.45, 7) is 2.53. The zero-order chi connectivity index (χ0) is 16.6. The predicted molar refractivity (Wildman–Crippen MR) is 85.2 cm³/mol. The summed E-state index contributed by atoms with van der Waals surface area (Å²) in [6.07, 6.45) is -0.769. The summed E-state index contributed by atoms with van der Waals surface area (Å²) in [5.74, 6) is 1.72. The lowest BCUT2D eigenvalue weighted by atomic mass is 9.95. The molecule has 1 atom stereocenters. The number of aliphatic hydroxyl groups is 1. The molecule has 0 saturated heterocycles. The standard InChI is InChI=1S/C16H19N3O4/c1-9-6-14(21)18-16(17-9)19-7-10-12(22-2)4-5-13(23-3)15(10)11(20)8-19/h4-6,11,20H,7-8H2,1-3H3,(H,17,18,21). The van der Waals surface area contributed by atoms with Crippen molar-refractivity contribution in [2.24, 2.45) is 0 Å². The molecule has 3 rings (SSSR count). The molecule has 1 aliphatic rings. The van der Waals surface area contributed by atoms with E-state index in [9.17, 15) is 9.90 Å². The molecule has 2 aromatic rings. The van der Waals surface area contributed by atoms with Crippen molar-refractivity contribution in [3.8, 4) is 11.5 Å². The van der Waals surface area contributed by atoms with Gasteiger partial charge in [0.05, 0.1) is 27.3 Å². The van der Waals surface area contributed by atoms with Crippen LogP contribution in [0.3, 0.4) is 0 Å². The fourth-order valence-electron chi connectivity index (χ4n) is 2.95. The van der Waals surface area contributed by atoms with E-state index in [1.165, 1.54) is 6.07 Å². The van der Waals surface area contributed by atoms with Crippen LogP contribution < -0.4 is 19.9 Å². The molecule has 7 nitrogen and oxygen atoms in total. The molecule has 0 spiro atoms. The number of nitrogens with zero attached hydrogens (tertiary/aromatic N) is 2. The minimum absolute atomic E-state index is 0.217. The first-order chi connectivity index (χ1) is 11.0. The van der Waals surface area contributed by atoms with Crippen molar-refractivity contribution in [1.29, 1.82) is 0 Å². The van der Waals surface area contributed by atoms with Crippen molar-refractivity contribution in [2.45, 2.75) is 19.6 Å². The zero-order valence-corrected chi connectivity index (χ0v) is 13.3. The van der Waals surface area contributed by atoms with Gasteiger partial charge in [-0.3, -0.25) is 9.78 Å². The van der Waals surface area contributed by atoms with Gasteiger partial charge in [0.25, 0.3) is 5.56 Å². The number of aromatic amines is 1. The van der Waals surface area contributed by atoms with E-state index in [0.29, 0.717) is 36.2 Å². The number of rotatable bonds is 3. The van der Waals surface area contributed by atoms with Crippen molar-refractivity contribution in [3.63, 3.8) is 0 Å². The normalized spacial score (nSPS) is 16.9. The Bertz CT molecular complexity index is 787. The number of hydrogen-bond donors (Lipinski definition) is 2. The fraction of sp³-hybridized carbons (Fsp3) is 0.375. The summed E-state index contributed by atoms with van der Waals surface area (Å²) in [5.41, 5.74) is 1.96. The third-order valence-electron chi connectivity index (χ3n) is 3.95. The second-order valence-electron chi connectivity index (χ2n) is 5.47. The van der Waals surface area contributed by atoms with Gasteiger partial charge in [-0.15, -0.1) is 0 Å².